The van der Waals surface area contributed by atoms with Crippen LogP contribution in [0.2, 0.25) is 0 Å². The summed E-state index contributed by atoms with van der Waals surface area (Å²) >= 11 is -4.84. The summed E-state index contributed by atoms with van der Waals surface area (Å²) in [6.07, 6.45) is 0. The summed E-state index contributed by atoms with van der Waals surface area (Å²) in [5, 5.41) is 0. The summed E-state index contributed by atoms with van der Waals surface area (Å²) in [4.78, 5) is 0. The molecule has 2 unspecified atom stereocenters. The first-order valence-electron chi connectivity index (χ1n) is 4.73. The van der Waals surface area contributed by atoms with Crippen molar-refractivity contribution in [3.05, 3.63) is 60.7 Å². The Balaban J connectivity index is 2.28. The molecule has 16 heavy (non-hydrogen) atoms. The van der Waals surface area contributed by atoms with Gasteiger partial charge in [-0.1, -0.05) is 0 Å². The summed E-state index contributed by atoms with van der Waals surface area (Å²) in [6, 6.07) is 18.2. The zero-order chi connectivity index (χ0) is 11.4. The van der Waals surface area contributed by atoms with E-state index in [1.807, 2.05) is 36.4 Å². The second kappa shape index (κ2) is 5.42. The predicted octanol–water partition coefficient (Wildman–Crippen LogP) is 0.723. The van der Waals surface area contributed by atoms with E-state index in [-0.39, 0.29) is 0 Å². The van der Waals surface area contributed by atoms with Gasteiger partial charge in [-0.3, -0.25) is 0 Å². The van der Waals surface area contributed by atoms with Gasteiger partial charge in [-0.15, -0.1) is 0 Å². The number of hydrogen-bond acceptors (Lipinski definition) is 2. The molecule has 0 heterocycles. The minimum atomic E-state index is -2.42. The van der Waals surface area contributed by atoms with Gasteiger partial charge in [0.05, 0.1) is 0 Å². The fourth-order valence-corrected chi connectivity index (χ4v) is 9.80. The van der Waals surface area contributed by atoms with Crippen LogP contribution in [0.25, 0.3) is 0 Å². The molecule has 0 saturated heterocycles. The van der Waals surface area contributed by atoms with E-state index in [0.29, 0.717) is 0 Å². The molecule has 0 aromatic heterocycles. The van der Waals surface area contributed by atoms with E-state index in [9.17, 15) is 7.67 Å². The predicted molar refractivity (Wildman–Crippen MR) is 65.0 cm³/mol. The second-order valence-electron chi connectivity index (χ2n) is 3.10. The van der Waals surface area contributed by atoms with Crippen LogP contribution in [0.15, 0.2) is 60.7 Å². The fraction of sp³-hybridized carbons (Fsp3) is 0. The molecule has 4 heteroatoms. The maximum atomic E-state index is 12.1. The zero-order valence-electron chi connectivity index (χ0n) is 8.41. The van der Waals surface area contributed by atoms with Gasteiger partial charge in [0, 0.05) is 0 Å². The van der Waals surface area contributed by atoms with Gasteiger partial charge < -0.3 is 0 Å². The summed E-state index contributed by atoms with van der Waals surface area (Å²) < 4.78 is 25.6. The first-order valence-corrected chi connectivity index (χ1v) is 12.2. The Labute approximate surface area is 101 Å². The van der Waals surface area contributed by atoms with Crippen molar-refractivity contribution in [2.45, 2.75) is 0 Å². The maximum absolute atomic E-state index is 12.1. The van der Waals surface area contributed by atoms with Crippen LogP contribution in [0.1, 0.15) is 0 Å². The van der Waals surface area contributed by atoms with E-state index in [0.717, 1.165) is 8.92 Å². The molecule has 82 valence electrons. The first-order chi connectivity index (χ1) is 7.79. The molecule has 0 aliphatic heterocycles. The number of hydrogen-bond donors (Lipinski definition) is 0. The second-order valence-corrected chi connectivity index (χ2v) is 13.6. The summed E-state index contributed by atoms with van der Waals surface area (Å²) in [6.45, 7) is 0. The molecule has 0 radical (unpaired) electrons. The molecule has 2 aromatic carbocycles. The molecule has 0 amide bonds. The third-order valence-electron chi connectivity index (χ3n) is 2.01. The van der Waals surface area contributed by atoms with Crippen LogP contribution in [-0.2, 0) is 7.67 Å². The Morgan fingerprint density at radius 1 is 0.562 bits per heavy atom. The van der Waals surface area contributed by atoms with Crippen LogP contribution in [0.3, 0.4) is 0 Å². The van der Waals surface area contributed by atoms with Crippen LogP contribution in [0.5, 0.6) is 0 Å². The topological polar surface area (TPSA) is 34.1 Å². The summed E-state index contributed by atoms with van der Waals surface area (Å²) in [7, 11) is 0. The van der Waals surface area contributed by atoms with Crippen LogP contribution >= 0.6 is 0 Å². The van der Waals surface area contributed by atoms with Crippen molar-refractivity contribution in [3.63, 3.8) is 0 Å². The van der Waals surface area contributed by atoms with E-state index in [1.165, 1.54) is 0 Å². The van der Waals surface area contributed by atoms with Gasteiger partial charge in [-0.05, 0) is 0 Å². The Hall–Kier alpha value is -0.921. The standard InChI is InChI=1S/C12H10O2Se2/c13-15(11-7-3-1-4-8-11)16(14)12-9-5-2-6-10-12/h1-10H. The van der Waals surface area contributed by atoms with E-state index >= 15 is 0 Å². The molecule has 2 nitrogen and oxygen atoms in total. The van der Waals surface area contributed by atoms with Crippen molar-refractivity contribution in [2.75, 3.05) is 0 Å². The molecule has 0 spiro atoms. The van der Waals surface area contributed by atoms with Crippen molar-refractivity contribution in [1.29, 1.82) is 0 Å². The number of benzene rings is 2. The van der Waals surface area contributed by atoms with E-state index in [1.54, 1.807) is 24.3 Å². The average molecular weight is 344 g/mol. The Morgan fingerprint density at radius 3 is 1.19 bits per heavy atom. The van der Waals surface area contributed by atoms with Crippen LogP contribution in [-0.4, -0.2) is 24.0 Å². The van der Waals surface area contributed by atoms with Gasteiger partial charge >= 0.3 is 101 Å². The molecule has 2 aromatic rings. The molecule has 0 saturated carbocycles. The molecule has 0 aliphatic rings. The third-order valence-corrected chi connectivity index (χ3v) is 12.5. The van der Waals surface area contributed by atoms with Crippen molar-refractivity contribution >= 4 is 32.9 Å². The van der Waals surface area contributed by atoms with E-state index in [4.69, 9.17) is 0 Å². The van der Waals surface area contributed by atoms with Crippen LogP contribution < -0.4 is 8.92 Å². The van der Waals surface area contributed by atoms with Gasteiger partial charge in [-0.25, -0.2) is 0 Å². The Kier molecular flexibility index (Phi) is 3.92. The molecule has 2 atom stereocenters. The summed E-state index contributed by atoms with van der Waals surface area (Å²) in [5.74, 6) is 0. The molecule has 0 bridgehead atoms. The van der Waals surface area contributed by atoms with Gasteiger partial charge in [0.2, 0.25) is 0 Å². The SMILES string of the molecule is O=[Se](c1ccccc1)[Se](=O)c1ccccc1. The Bertz CT molecular complexity index is 460. The van der Waals surface area contributed by atoms with Gasteiger partial charge in [0.1, 0.15) is 0 Å². The zero-order valence-corrected chi connectivity index (χ0v) is 11.8. The average Bonchev–Trinajstić information content (AvgIpc) is 2.39. The molecule has 0 N–H and O–H groups in total. The van der Waals surface area contributed by atoms with Crippen LogP contribution in [0, 0.1) is 0 Å². The van der Waals surface area contributed by atoms with Gasteiger partial charge in [0.15, 0.2) is 0 Å². The first kappa shape index (κ1) is 11.6. The molecule has 0 fully saturated rings. The molecular formula is C12H10O2Se2. The summed E-state index contributed by atoms with van der Waals surface area (Å²) in [5.41, 5.74) is 0. The monoisotopic (exact) mass is 346 g/mol. The van der Waals surface area contributed by atoms with Crippen molar-refractivity contribution in [2.24, 2.45) is 0 Å². The molecular weight excluding hydrogens is 334 g/mol. The van der Waals surface area contributed by atoms with E-state index < -0.39 is 24.0 Å². The van der Waals surface area contributed by atoms with Crippen molar-refractivity contribution < 1.29 is 7.67 Å². The quantitative estimate of drug-likeness (QED) is 0.770. The fourth-order valence-electron chi connectivity index (χ4n) is 1.24. The van der Waals surface area contributed by atoms with Gasteiger partial charge in [0.25, 0.3) is 0 Å². The number of rotatable bonds is 3. The minimum absolute atomic E-state index is 0.728. The van der Waals surface area contributed by atoms with Crippen molar-refractivity contribution in [3.8, 4) is 0 Å². The Morgan fingerprint density at radius 2 is 0.875 bits per heavy atom. The molecule has 0 aliphatic carbocycles. The normalized spacial score (nSPS) is 14.2. The third kappa shape index (κ3) is 2.60. The van der Waals surface area contributed by atoms with Crippen molar-refractivity contribution in [1.82, 2.24) is 0 Å². The van der Waals surface area contributed by atoms with Gasteiger partial charge in [-0.2, -0.15) is 0 Å². The molecule has 2 rings (SSSR count). The van der Waals surface area contributed by atoms with E-state index in [2.05, 4.69) is 0 Å². The van der Waals surface area contributed by atoms with Crippen LogP contribution in [0.4, 0.5) is 0 Å².